The fourth-order valence-corrected chi connectivity index (χ4v) is 2.27. The van der Waals surface area contributed by atoms with Gasteiger partial charge in [0.2, 0.25) is 0 Å². The van der Waals surface area contributed by atoms with Gasteiger partial charge >= 0.3 is 10.3 Å². The highest BCUT2D eigenvalue weighted by molar-refractivity contribution is 7.83. The average molecular weight is 287 g/mol. The second-order valence-corrected chi connectivity index (χ2v) is 5.41. The van der Waals surface area contributed by atoms with Crippen molar-refractivity contribution in [2.24, 2.45) is 0 Å². The first-order chi connectivity index (χ1) is 8.87. The van der Waals surface area contributed by atoms with Crippen LogP contribution in [0.1, 0.15) is 19.4 Å². The van der Waals surface area contributed by atoms with Gasteiger partial charge in [0.25, 0.3) is 0 Å². The Morgan fingerprint density at radius 2 is 1.95 bits per heavy atom. The van der Waals surface area contributed by atoms with Crippen molar-refractivity contribution in [1.82, 2.24) is 4.72 Å². The molecule has 7 heteroatoms. The van der Waals surface area contributed by atoms with E-state index in [-0.39, 0.29) is 6.54 Å². The summed E-state index contributed by atoms with van der Waals surface area (Å²) >= 11 is 0. The van der Waals surface area contributed by atoms with Crippen molar-refractivity contribution in [3.05, 3.63) is 23.8 Å². The van der Waals surface area contributed by atoms with Crippen LogP contribution in [-0.4, -0.2) is 32.6 Å². The largest absolute Gasteiger partial charge is 0.399 e. The highest BCUT2D eigenvalue weighted by Gasteiger charge is 2.07. The lowest BCUT2D eigenvalue weighted by Crippen LogP contribution is -2.25. The molecule has 0 aliphatic carbocycles. The molecular weight excluding hydrogens is 266 g/mol. The van der Waals surface area contributed by atoms with Crippen molar-refractivity contribution in [1.29, 1.82) is 0 Å². The Morgan fingerprint density at radius 3 is 2.47 bits per heavy atom. The quantitative estimate of drug-likeness (QED) is 0.514. The van der Waals surface area contributed by atoms with Crippen LogP contribution >= 0.6 is 0 Å². The summed E-state index contributed by atoms with van der Waals surface area (Å²) in [6, 6.07) is 5.71. The van der Waals surface area contributed by atoms with Crippen molar-refractivity contribution in [2.75, 3.05) is 30.3 Å². The summed E-state index contributed by atoms with van der Waals surface area (Å²) in [6.07, 6.45) is 0.431. The van der Waals surface area contributed by atoms with Crippen LogP contribution < -0.4 is 15.4 Å². The molecule has 0 spiro atoms. The molecule has 0 atom stereocenters. The zero-order valence-corrected chi connectivity index (χ0v) is 12.1. The van der Waals surface area contributed by atoms with Crippen LogP contribution in [0.15, 0.2) is 18.2 Å². The Morgan fingerprint density at radius 1 is 1.32 bits per heavy atom. The zero-order chi connectivity index (χ0) is 14.5. The molecule has 1 aromatic rings. The molecule has 0 bridgehead atoms. The maximum absolute atomic E-state index is 10.6. The molecule has 0 saturated heterocycles. The van der Waals surface area contributed by atoms with Crippen LogP contribution in [0.3, 0.4) is 0 Å². The van der Waals surface area contributed by atoms with Crippen molar-refractivity contribution in [3.8, 4) is 0 Å². The van der Waals surface area contributed by atoms with Gasteiger partial charge in [-0.2, -0.15) is 13.1 Å². The van der Waals surface area contributed by atoms with Crippen LogP contribution in [0.5, 0.6) is 0 Å². The van der Waals surface area contributed by atoms with E-state index in [9.17, 15) is 8.42 Å². The van der Waals surface area contributed by atoms with Gasteiger partial charge in [0, 0.05) is 31.0 Å². The van der Waals surface area contributed by atoms with Gasteiger partial charge in [0.1, 0.15) is 0 Å². The Labute approximate surface area is 114 Å². The predicted octanol–water partition coefficient (Wildman–Crippen LogP) is 1.05. The smallest absolute Gasteiger partial charge is 0.333 e. The second-order valence-electron chi connectivity index (χ2n) is 4.17. The lowest BCUT2D eigenvalue weighted by atomic mass is 10.1. The molecule has 0 aliphatic heterocycles. The summed E-state index contributed by atoms with van der Waals surface area (Å²) in [5, 5.41) is 0. The minimum absolute atomic E-state index is 0.116. The van der Waals surface area contributed by atoms with Gasteiger partial charge in [0.15, 0.2) is 0 Å². The molecule has 4 N–H and O–H groups in total. The van der Waals surface area contributed by atoms with Gasteiger partial charge in [-0.25, -0.2) is 0 Å². The minimum atomic E-state index is -4.14. The van der Waals surface area contributed by atoms with Crippen molar-refractivity contribution < 1.29 is 13.0 Å². The summed E-state index contributed by atoms with van der Waals surface area (Å²) in [6.45, 7) is 6.04. The van der Waals surface area contributed by atoms with E-state index in [4.69, 9.17) is 10.3 Å². The number of nitrogens with one attached hydrogen (secondary N) is 1. The van der Waals surface area contributed by atoms with Crippen LogP contribution in [-0.2, 0) is 16.7 Å². The minimum Gasteiger partial charge on any atom is -0.399 e. The molecule has 108 valence electrons. The summed E-state index contributed by atoms with van der Waals surface area (Å²) in [5.41, 5.74) is 8.40. The Kier molecular flexibility index (Phi) is 5.59. The van der Waals surface area contributed by atoms with Crippen LogP contribution in [0, 0.1) is 0 Å². The molecule has 6 nitrogen and oxygen atoms in total. The van der Waals surface area contributed by atoms with Crippen molar-refractivity contribution in [3.63, 3.8) is 0 Å². The SMILES string of the molecule is CCN(CC)c1ccc(N)c(CCNS(=O)(=O)O)c1. The molecule has 0 aliphatic rings. The summed E-state index contributed by atoms with van der Waals surface area (Å²) in [5.74, 6) is 0. The second kappa shape index (κ2) is 6.74. The summed E-state index contributed by atoms with van der Waals surface area (Å²) < 4.78 is 31.8. The first-order valence-electron chi connectivity index (χ1n) is 6.22. The fourth-order valence-electron chi connectivity index (χ4n) is 1.91. The number of hydrogen-bond acceptors (Lipinski definition) is 4. The number of hydrogen-bond donors (Lipinski definition) is 3. The topological polar surface area (TPSA) is 95.7 Å². The lowest BCUT2D eigenvalue weighted by Gasteiger charge is -2.22. The standard InChI is InChI=1S/C12H21N3O3S/c1-3-15(4-2)11-5-6-12(13)10(9-11)7-8-14-19(16,17)18/h5-6,9,14H,3-4,7-8,13H2,1-2H3,(H,16,17,18). The maximum atomic E-state index is 10.6. The molecule has 19 heavy (non-hydrogen) atoms. The Balaban J connectivity index is 2.80. The normalized spacial score (nSPS) is 11.5. The summed E-state index contributed by atoms with van der Waals surface area (Å²) in [4.78, 5) is 2.18. The molecule has 0 unspecified atom stereocenters. The molecule has 1 aromatic carbocycles. The van der Waals surface area contributed by atoms with Gasteiger partial charge in [-0.3, -0.25) is 4.55 Å². The predicted molar refractivity (Wildman–Crippen MR) is 77.7 cm³/mol. The first kappa shape index (κ1) is 15.7. The number of nitrogens with zero attached hydrogens (tertiary/aromatic N) is 1. The lowest BCUT2D eigenvalue weighted by molar-refractivity contribution is 0.468. The molecule has 0 heterocycles. The van der Waals surface area contributed by atoms with E-state index < -0.39 is 10.3 Å². The van der Waals surface area contributed by atoms with Crippen LogP contribution in [0.4, 0.5) is 11.4 Å². The van der Waals surface area contributed by atoms with E-state index in [1.165, 1.54) is 0 Å². The third-order valence-electron chi connectivity index (χ3n) is 2.93. The van der Waals surface area contributed by atoms with Crippen molar-refractivity contribution >= 4 is 21.7 Å². The summed E-state index contributed by atoms with van der Waals surface area (Å²) in [7, 11) is -4.14. The Hall–Kier alpha value is -1.31. The Bertz CT molecular complexity index is 513. The average Bonchev–Trinajstić information content (AvgIpc) is 2.32. The zero-order valence-electron chi connectivity index (χ0n) is 11.3. The molecule has 1 rings (SSSR count). The maximum Gasteiger partial charge on any atom is 0.333 e. The van der Waals surface area contributed by atoms with Gasteiger partial charge in [0.05, 0.1) is 0 Å². The van der Waals surface area contributed by atoms with Gasteiger partial charge in [-0.05, 0) is 44.0 Å². The van der Waals surface area contributed by atoms with E-state index in [1.54, 1.807) is 0 Å². The van der Waals surface area contributed by atoms with Gasteiger partial charge < -0.3 is 10.6 Å². The van der Waals surface area contributed by atoms with E-state index in [2.05, 4.69) is 18.7 Å². The number of rotatable bonds is 7. The molecule has 0 saturated carbocycles. The van der Waals surface area contributed by atoms with Gasteiger partial charge in [-0.15, -0.1) is 0 Å². The number of nitrogen functional groups attached to an aromatic ring is 1. The highest BCUT2D eigenvalue weighted by atomic mass is 32.2. The first-order valence-corrected chi connectivity index (χ1v) is 7.66. The third kappa shape index (κ3) is 5.06. The molecular formula is C12H21N3O3S. The number of nitrogens with two attached hydrogens (primary N) is 1. The molecule has 0 amide bonds. The molecule has 0 radical (unpaired) electrons. The van der Waals surface area contributed by atoms with Gasteiger partial charge in [-0.1, -0.05) is 0 Å². The van der Waals surface area contributed by atoms with Crippen molar-refractivity contribution in [2.45, 2.75) is 20.3 Å². The molecule has 0 fully saturated rings. The highest BCUT2D eigenvalue weighted by Crippen LogP contribution is 2.21. The number of benzene rings is 1. The van der Waals surface area contributed by atoms with Crippen LogP contribution in [0.25, 0.3) is 0 Å². The third-order valence-corrected chi connectivity index (χ3v) is 3.50. The van der Waals surface area contributed by atoms with E-state index in [1.807, 2.05) is 22.9 Å². The monoisotopic (exact) mass is 287 g/mol. The fraction of sp³-hybridized carbons (Fsp3) is 0.500. The molecule has 0 aromatic heterocycles. The van der Waals surface area contributed by atoms with E-state index in [0.29, 0.717) is 12.1 Å². The van der Waals surface area contributed by atoms with Crippen LogP contribution in [0.2, 0.25) is 0 Å². The number of anilines is 2. The van der Waals surface area contributed by atoms with E-state index >= 15 is 0 Å². The van der Waals surface area contributed by atoms with E-state index in [0.717, 1.165) is 24.3 Å².